The molecule has 0 aliphatic heterocycles. The smallest absolute Gasteiger partial charge is 0.341 e. The van der Waals surface area contributed by atoms with Crippen LogP contribution in [0.15, 0.2) is 52.7 Å². The lowest BCUT2D eigenvalue weighted by Gasteiger charge is -2.06. The Morgan fingerprint density at radius 2 is 1.87 bits per heavy atom. The number of hydrogen-bond acceptors (Lipinski definition) is 7. The number of phenolic OH excluding ortho intramolecular Hbond substituents is 1. The second kappa shape index (κ2) is 8.59. The molecule has 1 N–H and O–H groups in total. The summed E-state index contributed by atoms with van der Waals surface area (Å²) < 4.78 is 30.7. The highest BCUT2D eigenvalue weighted by Crippen LogP contribution is 2.39. The van der Waals surface area contributed by atoms with E-state index in [2.05, 4.69) is 4.74 Å². The third-order valence-corrected chi connectivity index (χ3v) is 7.98. The van der Waals surface area contributed by atoms with E-state index in [1.807, 2.05) is 0 Å². The van der Waals surface area contributed by atoms with Crippen LogP contribution in [-0.4, -0.2) is 32.4 Å². The van der Waals surface area contributed by atoms with Crippen molar-refractivity contribution in [2.75, 3.05) is 7.11 Å². The predicted octanol–water partition coefficient (Wildman–Crippen LogP) is 4.74. The van der Waals surface area contributed by atoms with Crippen molar-refractivity contribution in [2.45, 2.75) is 16.9 Å². The summed E-state index contributed by atoms with van der Waals surface area (Å²) in [6, 6.07) is 12.2. The number of benzene rings is 2. The van der Waals surface area contributed by atoms with Crippen LogP contribution >= 0.6 is 22.9 Å². The molecule has 1 heterocycles. The topological polar surface area (TPSA) is 97.7 Å². The molecule has 0 amide bonds. The molecule has 0 radical (unpaired) electrons. The maximum Gasteiger partial charge on any atom is 0.341 e. The van der Waals surface area contributed by atoms with Gasteiger partial charge in [0.05, 0.1) is 12.9 Å². The summed E-state index contributed by atoms with van der Waals surface area (Å²) in [6.07, 6.45) is 0. The van der Waals surface area contributed by atoms with E-state index in [1.165, 1.54) is 38.3 Å². The van der Waals surface area contributed by atoms with Gasteiger partial charge in [-0.05, 0) is 42.3 Å². The number of phenols is 1. The Kier molecular flexibility index (Phi) is 6.30. The number of Topliss-reactive ketones (excluding diaryl/α,β-unsaturated/α-hetero) is 1. The number of carbonyl (C=O) groups is 2. The fourth-order valence-corrected chi connectivity index (χ4v) is 6.03. The van der Waals surface area contributed by atoms with Gasteiger partial charge in [0.2, 0.25) is 0 Å². The highest BCUT2D eigenvalue weighted by molar-refractivity contribution is 7.92. The summed E-state index contributed by atoms with van der Waals surface area (Å²) in [4.78, 5) is 23.2. The van der Waals surface area contributed by atoms with E-state index >= 15 is 0 Å². The van der Waals surface area contributed by atoms with Gasteiger partial charge in [0, 0.05) is 11.1 Å². The number of ketones is 1. The second-order valence-electron chi connectivity index (χ2n) is 6.49. The molecule has 0 saturated carbocycles. The van der Waals surface area contributed by atoms with Crippen LogP contribution in [0.5, 0.6) is 5.75 Å². The number of aromatic hydroxyl groups is 1. The van der Waals surface area contributed by atoms with Gasteiger partial charge in [0.1, 0.15) is 19.9 Å². The average Bonchev–Trinajstić information content (AvgIpc) is 3.10. The normalized spacial score (nSPS) is 11.3. The SMILES string of the molecule is COC(=O)c1ccc(CS(=O)(=O)c2cc(-c3cccc(C(C)=O)c3)c(Cl)s2)cc1O. The molecular weight excluding hydrogens is 448 g/mol. The Bertz CT molecular complexity index is 1240. The number of thiophene rings is 1. The van der Waals surface area contributed by atoms with E-state index in [4.69, 9.17) is 11.6 Å². The monoisotopic (exact) mass is 464 g/mol. The first-order valence-electron chi connectivity index (χ1n) is 8.66. The lowest BCUT2D eigenvalue weighted by atomic mass is 10.0. The fourth-order valence-electron chi connectivity index (χ4n) is 2.84. The molecule has 3 rings (SSSR count). The molecule has 0 unspecified atom stereocenters. The summed E-state index contributed by atoms with van der Waals surface area (Å²) in [5.41, 5.74) is 1.92. The zero-order valence-corrected chi connectivity index (χ0v) is 18.4. The zero-order valence-electron chi connectivity index (χ0n) is 16.0. The number of rotatable bonds is 6. The highest BCUT2D eigenvalue weighted by atomic mass is 35.5. The van der Waals surface area contributed by atoms with Crippen LogP contribution in [0.4, 0.5) is 0 Å². The molecule has 0 saturated heterocycles. The van der Waals surface area contributed by atoms with Gasteiger partial charge in [0.25, 0.3) is 0 Å². The maximum atomic E-state index is 12.9. The molecule has 0 fully saturated rings. The molecular formula is C21H17ClO6S2. The van der Waals surface area contributed by atoms with E-state index in [9.17, 15) is 23.1 Å². The number of esters is 1. The number of hydrogen-bond donors (Lipinski definition) is 1. The van der Waals surface area contributed by atoms with Crippen LogP contribution in [0.2, 0.25) is 4.34 Å². The molecule has 0 aliphatic carbocycles. The van der Waals surface area contributed by atoms with Gasteiger partial charge >= 0.3 is 5.97 Å². The van der Waals surface area contributed by atoms with E-state index in [0.717, 1.165) is 11.3 Å². The van der Waals surface area contributed by atoms with Crippen molar-refractivity contribution in [1.82, 2.24) is 0 Å². The van der Waals surface area contributed by atoms with Gasteiger partial charge in [-0.3, -0.25) is 4.79 Å². The Balaban J connectivity index is 1.92. The first-order chi connectivity index (χ1) is 14.1. The van der Waals surface area contributed by atoms with Crippen LogP contribution in [0.1, 0.15) is 33.2 Å². The second-order valence-corrected chi connectivity index (χ2v) is 10.4. The average molecular weight is 465 g/mol. The number of methoxy groups -OCH3 is 1. The molecule has 6 nitrogen and oxygen atoms in total. The van der Waals surface area contributed by atoms with Gasteiger partial charge in [-0.25, -0.2) is 13.2 Å². The van der Waals surface area contributed by atoms with E-state index < -0.39 is 15.8 Å². The van der Waals surface area contributed by atoms with Gasteiger partial charge in [-0.1, -0.05) is 35.9 Å². The van der Waals surface area contributed by atoms with Crippen molar-refractivity contribution >= 4 is 44.5 Å². The lowest BCUT2D eigenvalue weighted by molar-refractivity contribution is 0.0597. The Labute approximate surface area is 182 Å². The molecule has 3 aromatic rings. The Morgan fingerprint density at radius 1 is 1.13 bits per heavy atom. The minimum absolute atomic E-state index is 0.0505. The molecule has 156 valence electrons. The number of ether oxygens (including phenoxy) is 1. The van der Waals surface area contributed by atoms with Gasteiger partial charge in [0.15, 0.2) is 15.6 Å². The van der Waals surface area contributed by atoms with Crippen molar-refractivity contribution in [3.8, 4) is 16.9 Å². The van der Waals surface area contributed by atoms with Crippen LogP contribution in [0, 0.1) is 0 Å². The molecule has 0 spiro atoms. The quantitative estimate of drug-likeness (QED) is 0.418. The standard InChI is InChI=1S/C21H17ClO6S2/c1-12(23)14-4-3-5-15(9-14)17-10-19(29-20(17)22)30(26,27)11-13-6-7-16(18(24)8-13)21(25)28-2/h3-10,24H,11H2,1-2H3. The van der Waals surface area contributed by atoms with Crippen molar-refractivity contribution < 1.29 is 27.9 Å². The van der Waals surface area contributed by atoms with E-state index in [-0.39, 0.29) is 31.4 Å². The van der Waals surface area contributed by atoms with Crippen LogP contribution in [0.3, 0.4) is 0 Å². The number of halogens is 1. The molecule has 0 bridgehead atoms. The van der Waals surface area contributed by atoms with Crippen molar-refractivity contribution in [1.29, 1.82) is 0 Å². The van der Waals surface area contributed by atoms with Gasteiger partial charge in [-0.15, -0.1) is 11.3 Å². The molecule has 2 aromatic carbocycles. The number of sulfone groups is 1. The summed E-state index contributed by atoms with van der Waals surface area (Å²) in [5, 5.41) is 9.99. The first-order valence-corrected chi connectivity index (χ1v) is 11.5. The molecule has 1 aromatic heterocycles. The van der Waals surface area contributed by atoms with Crippen molar-refractivity contribution in [3.63, 3.8) is 0 Å². The lowest BCUT2D eigenvalue weighted by Crippen LogP contribution is -2.05. The largest absolute Gasteiger partial charge is 0.507 e. The third-order valence-electron chi connectivity index (χ3n) is 4.37. The van der Waals surface area contributed by atoms with Crippen LogP contribution in [0.25, 0.3) is 11.1 Å². The Morgan fingerprint density at radius 3 is 2.50 bits per heavy atom. The van der Waals surface area contributed by atoms with Gasteiger partial charge < -0.3 is 9.84 Å². The fraction of sp³-hybridized carbons (Fsp3) is 0.143. The Hall–Kier alpha value is -2.68. The summed E-state index contributed by atoms with van der Waals surface area (Å²) in [7, 11) is -2.58. The molecule has 0 atom stereocenters. The summed E-state index contributed by atoms with van der Waals surface area (Å²) in [5.74, 6) is -1.57. The maximum absolute atomic E-state index is 12.9. The molecule has 30 heavy (non-hydrogen) atoms. The minimum Gasteiger partial charge on any atom is -0.507 e. The van der Waals surface area contributed by atoms with E-state index in [0.29, 0.717) is 22.3 Å². The van der Waals surface area contributed by atoms with Crippen LogP contribution < -0.4 is 0 Å². The minimum atomic E-state index is -3.77. The van der Waals surface area contributed by atoms with E-state index in [1.54, 1.807) is 24.3 Å². The van der Waals surface area contributed by atoms with Crippen molar-refractivity contribution in [2.24, 2.45) is 0 Å². The van der Waals surface area contributed by atoms with Crippen molar-refractivity contribution in [3.05, 3.63) is 69.6 Å². The zero-order chi connectivity index (χ0) is 22.1. The summed E-state index contributed by atoms with van der Waals surface area (Å²) >= 11 is 7.22. The summed E-state index contributed by atoms with van der Waals surface area (Å²) in [6.45, 7) is 1.45. The predicted molar refractivity (Wildman–Crippen MR) is 115 cm³/mol. The first kappa shape index (κ1) is 22.0. The van der Waals surface area contributed by atoms with Crippen LogP contribution in [-0.2, 0) is 20.3 Å². The third kappa shape index (κ3) is 4.56. The molecule has 0 aliphatic rings. The molecule has 9 heteroatoms. The number of carbonyl (C=O) groups excluding carboxylic acids is 2. The van der Waals surface area contributed by atoms with Gasteiger partial charge in [-0.2, -0.15) is 0 Å². The highest BCUT2D eigenvalue weighted by Gasteiger charge is 2.22.